The molecule has 0 aliphatic heterocycles. The van der Waals surface area contributed by atoms with Crippen LogP contribution < -0.4 is 0 Å². The molecular weight excluding hydrogens is 327 g/mol. The Morgan fingerprint density at radius 2 is 2.25 bits per heavy atom. The van der Waals surface area contributed by atoms with Gasteiger partial charge < -0.3 is 0 Å². The molecule has 0 aromatic carbocycles. The van der Waals surface area contributed by atoms with Gasteiger partial charge >= 0.3 is 0 Å². The number of hydrogen-bond donors (Lipinski definition) is 0. The average Bonchev–Trinajstić information content (AvgIpc) is 2.53. The van der Waals surface area contributed by atoms with Crippen LogP contribution in [0.2, 0.25) is 0 Å². The predicted octanol–water partition coefficient (Wildman–Crippen LogP) is 5.47. The number of thiophene rings is 1. The van der Waals surface area contributed by atoms with Crippen molar-refractivity contribution in [3.8, 4) is 0 Å². The molecule has 1 aliphatic rings. The predicted molar refractivity (Wildman–Crippen MR) is 82.7 cm³/mol. The Bertz CT molecular complexity index is 413. The first-order valence-electron chi connectivity index (χ1n) is 6.04. The highest BCUT2D eigenvalue weighted by Gasteiger charge is 2.29. The third-order valence-electron chi connectivity index (χ3n) is 3.26. The molecule has 1 atom stereocenters. The second kappa shape index (κ2) is 4.81. The van der Waals surface area contributed by atoms with Gasteiger partial charge in [-0.15, -0.1) is 11.3 Å². The molecule has 0 nitrogen and oxygen atoms in total. The summed E-state index contributed by atoms with van der Waals surface area (Å²) in [6.45, 7) is 6.95. The van der Waals surface area contributed by atoms with Crippen LogP contribution in [0, 0.1) is 6.92 Å². The minimum atomic E-state index is 0.308. The van der Waals surface area contributed by atoms with Crippen LogP contribution in [-0.4, -0.2) is 0 Å². The second-order valence-corrected chi connectivity index (χ2v) is 8.45. The van der Waals surface area contributed by atoms with Crippen molar-refractivity contribution in [1.29, 1.82) is 0 Å². The maximum absolute atomic E-state index is 2.64. The van der Waals surface area contributed by atoms with Crippen molar-refractivity contribution in [2.75, 3.05) is 0 Å². The Morgan fingerprint density at radius 1 is 1.50 bits per heavy atom. The molecule has 16 heavy (non-hydrogen) atoms. The summed E-state index contributed by atoms with van der Waals surface area (Å²) in [6, 6.07) is 0. The summed E-state index contributed by atoms with van der Waals surface area (Å²) in [4.78, 5) is 3.14. The number of halogens is 1. The lowest BCUT2D eigenvalue weighted by molar-refractivity contribution is 0.635. The Morgan fingerprint density at radius 3 is 2.94 bits per heavy atom. The van der Waals surface area contributed by atoms with E-state index in [1.807, 2.05) is 11.3 Å². The molecule has 1 aromatic rings. The summed E-state index contributed by atoms with van der Waals surface area (Å²) in [5.74, 6) is 0. The van der Waals surface area contributed by atoms with Gasteiger partial charge in [0.2, 0.25) is 0 Å². The molecule has 1 aromatic heterocycles. The molecule has 2 heteroatoms. The van der Waals surface area contributed by atoms with Gasteiger partial charge in [0.1, 0.15) is 0 Å². The molecule has 0 bridgehead atoms. The van der Waals surface area contributed by atoms with Crippen molar-refractivity contribution in [3.63, 3.8) is 0 Å². The summed E-state index contributed by atoms with van der Waals surface area (Å²) in [5, 5.41) is 0. The molecule has 0 amide bonds. The summed E-state index contributed by atoms with van der Waals surface area (Å²) in [6.07, 6.45) is 9.67. The van der Waals surface area contributed by atoms with Gasteiger partial charge in [-0.05, 0) is 44.2 Å². The quantitative estimate of drug-likeness (QED) is 0.503. The standard InChI is InChI=1S/C14H19IS/c1-4-9-14(3,15)13-10(2)16-12-8-6-5-7-11(12)13/h5,7H,4,6,8-9H2,1-3H3. The van der Waals surface area contributed by atoms with E-state index in [1.54, 1.807) is 16.0 Å². The normalized spacial score (nSPS) is 18.2. The maximum atomic E-state index is 2.64. The van der Waals surface area contributed by atoms with Gasteiger partial charge in [0.25, 0.3) is 0 Å². The van der Waals surface area contributed by atoms with Crippen LogP contribution >= 0.6 is 33.9 Å². The Hall–Kier alpha value is 0.170. The fourth-order valence-corrected chi connectivity index (χ4v) is 5.36. The van der Waals surface area contributed by atoms with E-state index in [4.69, 9.17) is 0 Å². The Balaban J connectivity index is 2.49. The zero-order valence-corrected chi connectivity index (χ0v) is 13.2. The van der Waals surface area contributed by atoms with E-state index in [1.165, 1.54) is 30.6 Å². The first-order chi connectivity index (χ1) is 7.56. The SMILES string of the molecule is CCCC(C)(I)c1c(C)sc2c1C=CCC2. The zero-order chi connectivity index (χ0) is 11.8. The highest BCUT2D eigenvalue weighted by molar-refractivity contribution is 14.1. The molecule has 0 spiro atoms. The summed E-state index contributed by atoms with van der Waals surface area (Å²) in [5.41, 5.74) is 3.14. The van der Waals surface area contributed by atoms with Gasteiger partial charge in [-0.3, -0.25) is 0 Å². The van der Waals surface area contributed by atoms with Gasteiger partial charge in [0, 0.05) is 13.2 Å². The first kappa shape index (κ1) is 12.6. The summed E-state index contributed by atoms with van der Waals surface area (Å²) >= 11 is 4.66. The lowest BCUT2D eigenvalue weighted by atomic mass is 9.90. The molecular formula is C14H19IS. The fourth-order valence-electron chi connectivity index (χ4n) is 2.64. The topological polar surface area (TPSA) is 0 Å². The molecule has 0 saturated carbocycles. The van der Waals surface area contributed by atoms with Gasteiger partial charge in [-0.25, -0.2) is 0 Å². The molecule has 1 aliphatic carbocycles. The van der Waals surface area contributed by atoms with Crippen molar-refractivity contribution in [1.82, 2.24) is 0 Å². The number of rotatable bonds is 3. The molecule has 2 rings (SSSR count). The number of alkyl halides is 1. The third-order valence-corrected chi connectivity index (χ3v) is 5.52. The van der Waals surface area contributed by atoms with Crippen LogP contribution in [0.15, 0.2) is 6.08 Å². The monoisotopic (exact) mass is 346 g/mol. The largest absolute Gasteiger partial charge is 0.145 e. The lowest BCUT2D eigenvalue weighted by Gasteiger charge is -2.24. The minimum Gasteiger partial charge on any atom is -0.145 e. The van der Waals surface area contributed by atoms with Crippen molar-refractivity contribution in [2.24, 2.45) is 0 Å². The number of allylic oxidation sites excluding steroid dienone is 1. The molecule has 0 radical (unpaired) electrons. The van der Waals surface area contributed by atoms with Crippen molar-refractivity contribution in [2.45, 2.75) is 49.9 Å². The van der Waals surface area contributed by atoms with Crippen LogP contribution in [-0.2, 0) is 9.84 Å². The van der Waals surface area contributed by atoms with Gasteiger partial charge in [0.05, 0.1) is 0 Å². The van der Waals surface area contributed by atoms with E-state index in [2.05, 4.69) is 55.5 Å². The fraction of sp³-hybridized carbons (Fsp3) is 0.571. The molecule has 1 heterocycles. The van der Waals surface area contributed by atoms with Gasteiger partial charge in [0.15, 0.2) is 0 Å². The van der Waals surface area contributed by atoms with Crippen LogP contribution in [0.1, 0.15) is 54.0 Å². The van der Waals surface area contributed by atoms with E-state index in [0.717, 1.165) is 0 Å². The van der Waals surface area contributed by atoms with E-state index in [9.17, 15) is 0 Å². The lowest BCUT2D eigenvalue weighted by Crippen LogP contribution is -2.14. The molecule has 0 saturated heterocycles. The van der Waals surface area contributed by atoms with E-state index in [0.29, 0.717) is 3.42 Å². The number of aryl methyl sites for hydroxylation is 2. The van der Waals surface area contributed by atoms with Crippen molar-refractivity contribution >= 4 is 40.0 Å². The van der Waals surface area contributed by atoms with Gasteiger partial charge in [-0.2, -0.15) is 0 Å². The minimum absolute atomic E-state index is 0.308. The molecule has 88 valence electrons. The van der Waals surface area contributed by atoms with Crippen LogP contribution in [0.5, 0.6) is 0 Å². The van der Waals surface area contributed by atoms with Gasteiger partial charge in [-0.1, -0.05) is 48.1 Å². The second-order valence-electron chi connectivity index (χ2n) is 4.76. The van der Waals surface area contributed by atoms with Crippen LogP contribution in [0.3, 0.4) is 0 Å². The average molecular weight is 346 g/mol. The van der Waals surface area contributed by atoms with E-state index >= 15 is 0 Å². The van der Waals surface area contributed by atoms with E-state index < -0.39 is 0 Å². The maximum Gasteiger partial charge on any atom is 0.0459 e. The number of hydrogen-bond acceptors (Lipinski definition) is 1. The summed E-state index contributed by atoms with van der Waals surface area (Å²) in [7, 11) is 0. The molecule has 0 fully saturated rings. The highest BCUT2D eigenvalue weighted by atomic mass is 127. The van der Waals surface area contributed by atoms with Crippen molar-refractivity contribution < 1.29 is 0 Å². The molecule has 0 N–H and O–H groups in total. The molecule has 1 unspecified atom stereocenters. The Labute approximate surface area is 116 Å². The third kappa shape index (κ3) is 2.23. The van der Waals surface area contributed by atoms with Crippen LogP contribution in [0.25, 0.3) is 6.08 Å². The van der Waals surface area contributed by atoms with Crippen molar-refractivity contribution in [3.05, 3.63) is 27.0 Å². The first-order valence-corrected chi connectivity index (χ1v) is 7.94. The van der Waals surface area contributed by atoms with Crippen LogP contribution in [0.4, 0.5) is 0 Å². The number of fused-ring (bicyclic) bond motifs is 1. The highest BCUT2D eigenvalue weighted by Crippen LogP contribution is 2.45. The Kier molecular flexibility index (Phi) is 3.79. The van der Waals surface area contributed by atoms with E-state index in [-0.39, 0.29) is 0 Å². The zero-order valence-electron chi connectivity index (χ0n) is 10.3. The smallest absolute Gasteiger partial charge is 0.0459 e. The summed E-state index contributed by atoms with van der Waals surface area (Å²) < 4.78 is 0.308.